The van der Waals surface area contributed by atoms with Crippen LogP contribution in [-0.2, 0) is 0 Å². The quantitative estimate of drug-likeness (QED) is 0.827. The number of hydrogen-bond donors (Lipinski definition) is 1. The number of rotatable bonds is 2. The van der Waals surface area contributed by atoms with Crippen molar-refractivity contribution in [2.24, 2.45) is 17.6 Å². The zero-order valence-electron chi connectivity index (χ0n) is 11.7. The first-order valence-electron chi connectivity index (χ1n) is 7.48. The summed E-state index contributed by atoms with van der Waals surface area (Å²) in [5, 5.41) is 2.61. The minimum atomic E-state index is 0.201. The van der Waals surface area contributed by atoms with Gasteiger partial charge in [0, 0.05) is 6.04 Å². The summed E-state index contributed by atoms with van der Waals surface area (Å²) in [5.74, 6) is 1.50. The normalized spacial score (nSPS) is 25.4. The van der Waals surface area contributed by atoms with Crippen LogP contribution in [0.5, 0.6) is 0 Å². The highest BCUT2D eigenvalue weighted by Crippen LogP contribution is 2.36. The lowest BCUT2D eigenvalue weighted by atomic mass is 9.77. The monoisotopic (exact) mass is 253 g/mol. The Bertz CT molecular complexity index is 560. The van der Waals surface area contributed by atoms with Crippen LogP contribution in [0.4, 0.5) is 0 Å². The van der Waals surface area contributed by atoms with Crippen LogP contribution in [0.25, 0.3) is 10.8 Å². The molecule has 0 saturated heterocycles. The van der Waals surface area contributed by atoms with Crippen molar-refractivity contribution >= 4 is 10.8 Å². The molecule has 3 atom stereocenters. The van der Waals surface area contributed by atoms with E-state index in [0.717, 1.165) is 5.92 Å². The minimum absolute atomic E-state index is 0.201. The summed E-state index contributed by atoms with van der Waals surface area (Å²) in [7, 11) is 0. The van der Waals surface area contributed by atoms with Crippen LogP contribution in [0.3, 0.4) is 0 Å². The van der Waals surface area contributed by atoms with Crippen LogP contribution in [0.2, 0.25) is 0 Å². The predicted octanol–water partition coefficient (Wildman–Crippen LogP) is 4.67. The van der Waals surface area contributed by atoms with Gasteiger partial charge in [0.1, 0.15) is 0 Å². The lowest BCUT2D eigenvalue weighted by molar-refractivity contribution is 0.248. The van der Waals surface area contributed by atoms with Gasteiger partial charge >= 0.3 is 0 Å². The Balaban J connectivity index is 1.86. The van der Waals surface area contributed by atoms with Gasteiger partial charge in [-0.2, -0.15) is 0 Å². The molecule has 1 fully saturated rings. The smallest absolute Gasteiger partial charge is 0.0323 e. The van der Waals surface area contributed by atoms with Crippen molar-refractivity contribution in [2.75, 3.05) is 0 Å². The first kappa shape index (κ1) is 12.7. The van der Waals surface area contributed by atoms with Gasteiger partial charge in [-0.15, -0.1) is 0 Å². The van der Waals surface area contributed by atoms with Gasteiger partial charge < -0.3 is 5.73 Å². The van der Waals surface area contributed by atoms with E-state index in [1.807, 2.05) is 0 Å². The topological polar surface area (TPSA) is 26.0 Å². The van der Waals surface area contributed by atoms with Gasteiger partial charge in [-0.3, -0.25) is 0 Å². The predicted molar refractivity (Wildman–Crippen MR) is 82.0 cm³/mol. The second kappa shape index (κ2) is 5.34. The minimum Gasteiger partial charge on any atom is -0.324 e. The highest BCUT2D eigenvalue weighted by Gasteiger charge is 2.25. The SMILES string of the molecule is CC1CCCC(C(N)c2ccc3ccccc3c2)C1. The van der Waals surface area contributed by atoms with E-state index < -0.39 is 0 Å². The molecule has 0 aliphatic heterocycles. The molecule has 3 unspecified atom stereocenters. The summed E-state index contributed by atoms with van der Waals surface area (Å²) >= 11 is 0. The zero-order chi connectivity index (χ0) is 13.2. The molecule has 2 aromatic carbocycles. The van der Waals surface area contributed by atoms with Gasteiger partial charge in [0.2, 0.25) is 0 Å². The molecule has 0 bridgehead atoms. The maximum Gasteiger partial charge on any atom is 0.0323 e. The third-order valence-corrected chi connectivity index (χ3v) is 4.64. The summed E-state index contributed by atoms with van der Waals surface area (Å²) in [6.07, 6.45) is 5.29. The largest absolute Gasteiger partial charge is 0.324 e. The number of nitrogens with two attached hydrogens (primary N) is 1. The summed E-state index contributed by atoms with van der Waals surface area (Å²) in [5.41, 5.74) is 7.83. The summed E-state index contributed by atoms with van der Waals surface area (Å²) in [4.78, 5) is 0. The summed E-state index contributed by atoms with van der Waals surface area (Å²) < 4.78 is 0. The second-order valence-electron chi connectivity index (χ2n) is 6.16. The standard InChI is InChI=1S/C18H23N/c1-13-5-4-8-16(11-13)18(19)17-10-9-14-6-2-3-7-15(14)12-17/h2-3,6-7,9-10,12-13,16,18H,4-5,8,11,19H2,1H3. The average Bonchev–Trinajstić information content (AvgIpc) is 2.46. The van der Waals surface area contributed by atoms with Crippen molar-refractivity contribution < 1.29 is 0 Å². The van der Waals surface area contributed by atoms with E-state index in [0.29, 0.717) is 5.92 Å². The van der Waals surface area contributed by atoms with Gasteiger partial charge in [-0.1, -0.05) is 56.2 Å². The van der Waals surface area contributed by atoms with Crippen LogP contribution < -0.4 is 5.73 Å². The van der Waals surface area contributed by atoms with Gasteiger partial charge in [-0.05, 0) is 47.1 Å². The Morgan fingerprint density at radius 2 is 1.84 bits per heavy atom. The van der Waals surface area contributed by atoms with E-state index in [1.165, 1.54) is 42.0 Å². The molecule has 0 aromatic heterocycles. The number of fused-ring (bicyclic) bond motifs is 1. The molecular weight excluding hydrogens is 230 g/mol. The van der Waals surface area contributed by atoms with Crippen molar-refractivity contribution in [3.8, 4) is 0 Å². The van der Waals surface area contributed by atoms with Crippen molar-refractivity contribution in [3.05, 3.63) is 48.0 Å². The molecule has 2 aromatic rings. The first-order chi connectivity index (χ1) is 9.24. The molecule has 0 radical (unpaired) electrons. The average molecular weight is 253 g/mol. The number of hydrogen-bond acceptors (Lipinski definition) is 1. The molecule has 1 nitrogen and oxygen atoms in total. The molecule has 1 heteroatoms. The molecule has 1 saturated carbocycles. The van der Waals surface area contributed by atoms with Gasteiger partial charge in [0.25, 0.3) is 0 Å². The van der Waals surface area contributed by atoms with Crippen LogP contribution >= 0.6 is 0 Å². The van der Waals surface area contributed by atoms with E-state index in [4.69, 9.17) is 5.73 Å². The van der Waals surface area contributed by atoms with E-state index in [9.17, 15) is 0 Å². The highest BCUT2D eigenvalue weighted by molar-refractivity contribution is 5.83. The fourth-order valence-electron chi connectivity index (χ4n) is 3.49. The Morgan fingerprint density at radius 1 is 1.05 bits per heavy atom. The Morgan fingerprint density at radius 3 is 2.63 bits per heavy atom. The van der Waals surface area contributed by atoms with Crippen LogP contribution in [0.1, 0.15) is 44.2 Å². The molecule has 100 valence electrons. The molecular formula is C18H23N. The molecule has 0 amide bonds. The Labute approximate surface area is 115 Å². The number of benzene rings is 2. The van der Waals surface area contributed by atoms with Crippen LogP contribution in [0.15, 0.2) is 42.5 Å². The molecule has 0 spiro atoms. The molecule has 2 N–H and O–H groups in total. The van der Waals surface area contributed by atoms with Gasteiger partial charge in [0.15, 0.2) is 0 Å². The zero-order valence-corrected chi connectivity index (χ0v) is 11.7. The van der Waals surface area contributed by atoms with E-state index in [1.54, 1.807) is 0 Å². The van der Waals surface area contributed by atoms with Crippen molar-refractivity contribution in [3.63, 3.8) is 0 Å². The van der Waals surface area contributed by atoms with Crippen LogP contribution in [0, 0.1) is 11.8 Å². The fraction of sp³-hybridized carbons (Fsp3) is 0.444. The molecule has 1 aliphatic rings. The van der Waals surface area contributed by atoms with Crippen molar-refractivity contribution in [1.29, 1.82) is 0 Å². The molecule has 19 heavy (non-hydrogen) atoms. The van der Waals surface area contributed by atoms with Crippen molar-refractivity contribution in [2.45, 2.75) is 38.6 Å². The Kier molecular flexibility index (Phi) is 3.56. The first-order valence-corrected chi connectivity index (χ1v) is 7.48. The van der Waals surface area contributed by atoms with Crippen LogP contribution in [-0.4, -0.2) is 0 Å². The highest BCUT2D eigenvalue weighted by atomic mass is 14.7. The lowest BCUT2D eigenvalue weighted by Crippen LogP contribution is -2.26. The third-order valence-electron chi connectivity index (χ3n) is 4.64. The molecule has 3 rings (SSSR count). The molecule has 1 aliphatic carbocycles. The summed E-state index contributed by atoms with van der Waals surface area (Å²) in [6.45, 7) is 2.36. The fourth-order valence-corrected chi connectivity index (χ4v) is 3.49. The van der Waals surface area contributed by atoms with E-state index in [2.05, 4.69) is 49.4 Å². The third kappa shape index (κ3) is 2.66. The van der Waals surface area contributed by atoms with Gasteiger partial charge in [-0.25, -0.2) is 0 Å². The lowest BCUT2D eigenvalue weighted by Gasteiger charge is -2.31. The maximum absolute atomic E-state index is 6.52. The maximum atomic E-state index is 6.52. The summed E-state index contributed by atoms with van der Waals surface area (Å²) in [6, 6.07) is 15.4. The van der Waals surface area contributed by atoms with E-state index >= 15 is 0 Å². The van der Waals surface area contributed by atoms with E-state index in [-0.39, 0.29) is 6.04 Å². The van der Waals surface area contributed by atoms with Crippen molar-refractivity contribution in [1.82, 2.24) is 0 Å². The molecule has 0 heterocycles. The van der Waals surface area contributed by atoms with Gasteiger partial charge in [0.05, 0.1) is 0 Å². The second-order valence-corrected chi connectivity index (χ2v) is 6.16. The Hall–Kier alpha value is -1.34.